The molecular weight excluding hydrogens is 439 g/mol. The molecule has 8 heteroatoms. The zero-order valence-corrected chi connectivity index (χ0v) is 17.2. The monoisotopic (exact) mass is 462 g/mol. The molecule has 0 aliphatic carbocycles. The number of nitrogens with zero attached hydrogens (tertiary/aromatic N) is 2. The predicted octanol–water partition coefficient (Wildman–Crippen LogP) is 3.31. The molecular formula is C16H23IN4O2S. The largest absolute Gasteiger partial charge is 0.497 e. The van der Waals surface area contributed by atoms with Crippen LogP contribution in [0.1, 0.15) is 16.8 Å². The number of nitrogens with two attached hydrogens (primary N) is 1. The SMILES string of the molecule is CCc1cnc(CCN=C(N)Nc2cc(OC)ccc2OC)s1.I. The van der Waals surface area contributed by atoms with Gasteiger partial charge in [0.1, 0.15) is 11.5 Å². The molecule has 0 aliphatic rings. The summed E-state index contributed by atoms with van der Waals surface area (Å²) in [5, 5.41) is 4.13. The molecule has 2 aromatic rings. The highest BCUT2D eigenvalue weighted by molar-refractivity contribution is 14.0. The normalized spacial score (nSPS) is 10.9. The van der Waals surface area contributed by atoms with Gasteiger partial charge in [0.2, 0.25) is 0 Å². The number of aliphatic imine (C=N–C) groups is 1. The molecule has 0 spiro atoms. The molecule has 0 amide bonds. The number of guanidine groups is 1. The maximum absolute atomic E-state index is 5.94. The van der Waals surface area contributed by atoms with E-state index in [1.807, 2.05) is 24.4 Å². The Balaban J connectivity index is 0.00000288. The summed E-state index contributed by atoms with van der Waals surface area (Å²) in [6.07, 6.45) is 3.72. The number of thiazole rings is 1. The van der Waals surface area contributed by atoms with Crippen LogP contribution in [0.4, 0.5) is 5.69 Å². The number of aromatic nitrogens is 1. The van der Waals surface area contributed by atoms with Gasteiger partial charge in [-0.15, -0.1) is 35.3 Å². The Hall–Kier alpha value is -1.55. The third-order valence-corrected chi connectivity index (χ3v) is 4.43. The first kappa shape index (κ1) is 20.5. The summed E-state index contributed by atoms with van der Waals surface area (Å²) in [5.74, 6) is 1.73. The van der Waals surface area contributed by atoms with Gasteiger partial charge in [-0.2, -0.15) is 0 Å². The van der Waals surface area contributed by atoms with Crippen LogP contribution < -0.4 is 20.5 Å². The minimum atomic E-state index is 0. The number of methoxy groups -OCH3 is 2. The predicted molar refractivity (Wildman–Crippen MR) is 110 cm³/mol. The molecule has 1 aromatic heterocycles. The number of hydrogen-bond donors (Lipinski definition) is 2. The van der Waals surface area contributed by atoms with E-state index >= 15 is 0 Å². The summed E-state index contributed by atoms with van der Waals surface area (Å²) < 4.78 is 10.5. The summed E-state index contributed by atoms with van der Waals surface area (Å²) in [6.45, 7) is 2.71. The van der Waals surface area contributed by atoms with Crippen molar-refractivity contribution >= 4 is 47.0 Å². The number of rotatable bonds is 7. The zero-order chi connectivity index (χ0) is 16.7. The summed E-state index contributed by atoms with van der Waals surface area (Å²) in [5.41, 5.74) is 6.66. The Bertz CT molecular complexity index is 676. The fourth-order valence-corrected chi connectivity index (χ4v) is 2.84. The van der Waals surface area contributed by atoms with Crippen LogP contribution in [0.2, 0.25) is 0 Å². The molecule has 0 bridgehead atoms. The minimum absolute atomic E-state index is 0. The lowest BCUT2D eigenvalue weighted by Crippen LogP contribution is -2.23. The molecule has 0 aliphatic heterocycles. The lowest BCUT2D eigenvalue weighted by Gasteiger charge is -2.12. The molecule has 0 saturated carbocycles. The molecule has 2 rings (SSSR count). The second kappa shape index (κ2) is 10.3. The number of benzene rings is 1. The van der Waals surface area contributed by atoms with Crippen LogP contribution in [-0.2, 0) is 12.8 Å². The van der Waals surface area contributed by atoms with Gasteiger partial charge in [0.25, 0.3) is 0 Å². The Labute approximate surface area is 163 Å². The summed E-state index contributed by atoms with van der Waals surface area (Å²) >= 11 is 1.72. The van der Waals surface area contributed by atoms with Gasteiger partial charge in [0, 0.05) is 30.1 Å². The minimum Gasteiger partial charge on any atom is -0.497 e. The first-order valence-corrected chi connectivity index (χ1v) is 8.20. The smallest absolute Gasteiger partial charge is 0.193 e. The van der Waals surface area contributed by atoms with E-state index in [9.17, 15) is 0 Å². The van der Waals surface area contributed by atoms with Gasteiger partial charge in [0.15, 0.2) is 5.96 Å². The van der Waals surface area contributed by atoms with Crippen LogP contribution in [0.3, 0.4) is 0 Å². The summed E-state index contributed by atoms with van der Waals surface area (Å²) in [6, 6.07) is 5.46. The Morgan fingerprint density at radius 1 is 1.33 bits per heavy atom. The van der Waals surface area contributed by atoms with Crippen molar-refractivity contribution in [1.82, 2.24) is 4.98 Å². The highest BCUT2D eigenvalue weighted by Crippen LogP contribution is 2.28. The van der Waals surface area contributed by atoms with Crippen molar-refractivity contribution in [3.63, 3.8) is 0 Å². The van der Waals surface area contributed by atoms with Gasteiger partial charge in [0.05, 0.1) is 24.9 Å². The molecule has 3 N–H and O–H groups in total. The van der Waals surface area contributed by atoms with Gasteiger partial charge in [-0.1, -0.05) is 6.92 Å². The number of nitrogens with one attached hydrogen (secondary N) is 1. The van der Waals surface area contributed by atoms with Crippen molar-refractivity contribution in [2.45, 2.75) is 19.8 Å². The van der Waals surface area contributed by atoms with Crippen molar-refractivity contribution in [3.05, 3.63) is 34.3 Å². The zero-order valence-electron chi connectivity index (χ0n) is 14.0. The standard InChI is InChI=1S/C16H22N4O2S.HI/c1-4-12-10-19-15(23-12)7-8-18-16(17)20-13-9-11(21-2)5-6-14(13)22-3;/h5-6,9-10H,4,7-8H2,1-3H3,(H3,17,18,20);1H. The number of hydrogen-bond acceptors (Lipinski definition) is 5. The third-order valence-electron chi connectivity index (χ3n) is 3.23. The second-order valence-electron chi connectivity index (χ2n) is 4.78. The number of aryl methyl sites for hydroxylation is 1. The van der Waals surface area contributed by atoms with Crippen LogP contribution in [0.25, 0.3) is 0 Å². The van der Waals surface area contributed by atoms with E-state index in [2.05, 4.69) is 22.2 Å². The van der Waals surface area contributed by atoms with Gasteiger partial charge in [-0.05, 0) is 18.6 Å². The average Bonchev–Trinajstić information content (AvgIpc) is 3.02. The molecule has 0 fully saturated rings. The number of anilines is 1. The van der Waals surface area contributed by atoms with Crippen LogP contribution in [0.15, 0.2) is 29.4 Å². The highest BCUT2D eigenvalue weighted by atomic mass is 127. The van der Waals surface area contributed by atoms with Crippen LogP contribution in [-0.4, -0.2) is 31.7 Å². The van der Waals surface area contributed by atoms with Crippen molar-refractivity contribution in [1.29, 1.82) is 0 Å². The van der Waals surface area contributed by atoms with Crippen molar-refractivity contribution in [2.24, 2.45) is 10.7 Å². The molecule has 24 heavy (non-hydrogen) atoms. The van der Waals surface area contributed by atoms with E-state index in [4.69, 9.17) is 15.2 Å². The third kappa shape index (κ3) is 5.82. The fraction of sp³-hybridized carbons (Fsp3) is 0.375. The first-order chi connectivity index (χ1) is 11.2. The molecule has 0 saturated heterocycles. The van der Waals surface area contributed by atoms with E-state index in [1.54, 1.807) is 25.6 Å². The van der Waals surface area contributed by atoms with Gasteiger partial charge in [-0.3, -0.25) is 4.99 Å². The molecule has 1 aromatic carbocycles. The summed E-state index contributed by atoms with van der Waals surface area (Å²) in [7, 11) is 3.22. The van der Waals surface area contributed by atoms with E-state index in [-0.39, 0.29) is 24.0 Å². The molecule has 6 nitrogen and oxygen atoms in total. The van der Waals surface area contributed by atoms with Gasteiger partial charge >= 0.3 is 0 Å². The van der Waals surface area contributed by atoms with Crippen LogP contribution in [0.5, 0.6) is 11.5 Å². The maximum atomic E-state index is 5.94. The fourth-order valence-electron chi connectivity index (χ4n) is 1.99. The highest BCUT2D eigenvalue weighted by Gasteiger charge is 2.06. The first-order valence-electron chi connectivity index (χ1n) is 7.38. The maximum Gasteiger partial charge on any atom is 0.193 e. The number of ether oxygens (including phenoxy) is 2. The van der Waals surface area contributed by atoms with Crippen molar-refractivity contribution < 1.29 is 9.47 Å². The van der Waals surface area contributed by atoms with Crippen molar-refractivity contribution in [2.75, 3.05) is 26.1 Å². The quantitative estimate of drug-likeness (QED) is 0.375. The molecule has 1 heterocycles. The Kier molecular flexibility index (Phi) is 8.83. The summed E-state index contributed by atoms with van der Waals surface area (Å²) in [4.78, 5) is 9.99. The Morgan fingerprint density at radius 2 is 2.12 bits per heavy atom. The van der Waals surface area contributed by atoms with E-state index < -0.39 is 0 Å². The van der Waals surface area contributed by atoms with E-state index in [0.29, 0.717) is 18.3 Å². The molecule has 0 radical (unpaired) electrons. The van der Waals surface area contributed by atoms with Gasteiger partial charge < -0.3 is 20.5 Å². The average molecular weight is 462 g/mol. The van der Waals surface area contributed by atoms with Crippen LogP contribution >= 0.6 is 35.3 Å². The molecule has 0 atom stereocenters. The van der Waals surface area contributed by atoms with E-state index in [0.717, 1.165) is 29.3 Å². The van der Waals surface area contributed by atoms with Crippen LogP contribution in [0, 0.1) is 0 Å². The lowest BCUT2D eigenvalue weighted by molar-refractivity contribution is 0.405. The Morgan fingerprint density at radius 3 is 2.75 bits per heavy atom. The van der Waals surface area contributed by atoms with E-state index in [1.165, 1.54) is 4.88 Å². The van der Waals surface area contributed by atoms with Crippen molar-refractivity contribution in [3.8, 4) is 11.5 Å². The second-order valence-corrected chi connectivity index (χ2v) is 5.98. The number of halogens is 1. The lowest BCUT2D eigenvalue weighted by atomic mass is 10.2. The molecule has 0 unspecified atom stereocenters. The van der Waals surface area contributed by atoms with Gasteiger partial charge in [-0.25, -0.2) is 4.98 Å². The molecule has 132 valence electrons. The topological polar surface area (TPSA) is 81.8 Å².